The van der Waals surface area contributed by atoms with E-state index in [1.807, 2.05) is 12.1 Å². The lowest BCUT2D eigenvalue weighted by Crippen LogP contribution is -2.50. The number of hydrogen-bond donors (Lipinski definition) is 2. The smallest absolute Gasteiger partial charge is 0.254 e. The molecule has 1 aliphatic heterocycles. The number of carbonyl (C=O) groups excluding carboxylic acids is 2. The lowest BCUT2D eigenvalue weighted by Gasteiger charge is -2.35. The van der Waals surface area contributed by atoms with Gasteiger partial charge in [0.25, 0.3) is 5.91 Å². The van der Waals surface area contributed by atoms with Crippen LogP contribution >= 0.6 is 15.9 Å². The van der Waals surface area contributed by atoms with Crippen LogP contribution in [0.1, 0.15) is 54.4 Å². The van der Waals surface area contributed by atoms with Crippen molar-refractivity contribution in [3.63, 3.8) is 0 Å². The van der Waals surface area contributed by atoms with Crippen molar-refractivity contribution in [3.8, 4) is 0 Å². The van der Waals surface area contributed by atoms with Crippen LogP contribution in [-0.4, -0.2) is 47.1 Å². The van der Waals surface area contributed by atoms with Crippen molar-refractivity contribution in [2.24, 2.45) is 0 Å². The van der Waals surface area contributed by atoms with Crippen LogP contribution in [-0.2, 0) is 10.2 Å². The fraction of sp³-hybridized carbons (Fsp3) is 0.579. The molecule has 6 heteroatoms. The average Bonchev–Trinajstić information content (AvgIpc) is 3.33. The molecular weight excluding hydrogens is 384 g/mol. The molecule has 2 fully saturated rings. The summed E-state index contributed by atoms with van der Waals surface area (Å²) in [6.07, 6.45) is 5.06. The topological polar surface area (TPSA) is 69.6 Å². The van der Waals surface area contributed by atoms with Gasteiger partial charge in [0.1, 0.15) is 0 Å². The van der Waals surface area contributed by atoms with E-state index in [0.717, 1.165) is 47.7 Å². The third-order valence-corrected chi connectivity index (χ3v) is 6.26. The zero-order valence-electron chi connectivity index (χ0n) is 14.1. The molecule has 2 N–H and O–H groups in total. The van der Waals surface area contributed by atoms with Gasteiger partial charge in [-0.3, -0.25) is 9.59 Å². The summed E-state index contributed by atoms with van der Waals surface area (Å²) in [6.45, 7) is 0.721. The van der Waals surface area contributed by atoms with Crippen molar-refractivity contribution in [2.75, 3.05) is 13.1 Å². The number of benzene rings is 1. The minimum atomic E-state index is -0.323. The standard InChI is InChI=1S/C19H23BrN2O3/c20-12-4-5-15-16(8-12)19(6-7-19)11-22(18(15)25)10-17(24)21-13-2-1-3-14(23)9-13/h4-5,8,13-14,23H,1-3,6-7,9-11H2,(H,21,24). The summed E-state index contributed by atoms with van der Waals surface area (Å²) in [5.41, 5.74) is 1.89. The predicted octanol–water partition coefficient (Wildman–Crippen LogP) is 2.36. The second kappa shape index (κ2) is 6.40. The van der Waals surface area contributed by atoms with E-state index in [4.69, 9.17) is 0 Å². The number of aliphatic hydroxyl groups excluding tert-OH is 1. The Hall–Kier alpha value is -1.40. The Morgan fingerprint density at radius 1 is 1.36 bits per heavy atom. The molecule has 2 aliphatic carbocycles. The lowest BCUT2D eigenvalue weighted by molar-refractivity contribution is -0.123. The highest BCUT2D eigenvalue weighted by molar-refractivity contribution is 9.10. The molecule has 0 radical (unpaired) electrons. The summed E-state index contributed by atoms with van der Waals surface area (Å²) in [6, 6.07) is 5.83. The van der Waals surface area contributed by atoms with Crippen molar-refractivity contribution in [1.29, 1.82) is 0 Å². The molecule has 4 rings (SSSR count). The maximum absolute atomic E-state index is 12.8. The van der Waals surface area contributed by atoms with E-state index in [9.17, 15) is 14.7 Å². The van der Waals surface area contributed by atoms with Crippen LogP contribution in [0.15, 0.2) is 22.7 Å². The van der Waals surface area contributed by atoms with Gasteiger partial charge in [-0.25, -0.2) is 0 Å². The molecule has 1 heterocycles. The zero-order valence-corrected chi connectivity index (χ0v) is 15.7. The zero-order chi connectivity index (χ0) is 17.6. The highest BCUT2D eigenvalue weighted by Crippen LogP contribution is 2.52. The number of nitrogens with zero attached hydrogens (tertiary/aromatic N) is 1. The van der Waals surface area contributed by atoms with Crippen molar-refractivity contribution in [2.45, 2.75) is 56.1 Å². The molecule has 25 heavy (non-hydrogen) atoms. The summed E-state index contributed by atoms with van der Waals surface area (Å²) < 4.78 is 0.993. The molecule has 2 saturated carbocycles. The largest absolute Gasteiger partial charge is 0.393 e. The minimum absolute atomic E-state index is 0.0225. The number of amides is 2. The molecular formula is C19H23BrN2O3. The minimum Gasteiger partial charge on any atom is -0.393 e. The van der Waals surface area contributed by atoms with Gasteiger partial charge in [-0.1, -0.05) is 15.9 Å². The SMILES string of the molecule is O=C(CN1CC2(CC2)c2cc(Br)ccc2C1=O)NC1CCCC(O)C1. The lowest BCUT2D eigenvalue weighted by atomic mass is 9.86. The summed E-state index contributed by atoms with van der Waals surface area (Å²) in [5, 5.41) is 12.7. The van der Waals surface area contributed by atoms with Gasteiger partial charge in [-0.05, 0) is 62.3 Å². The molecule has 1 aromatic rings. The van der Waals surface area contributed by atoms with Crippen LogP contribution in [0.3, 0.4) is 0 Å². The first-order chi connectivity index (χ1) is 12.0. The maximum atomic E-state index is 12.8. The normalized spacial score (nSPS) is 27.1. The van der Waals surface area contributed by atoms with Crippen molar-refractivity contribution >= 4 is 27.7 Å². The first-order valence-electron chi connectivity index (χ1n) is 9.04. The Morgan fingerprint density at radius 2 is 2.16 bits per heavy atom. The molecule has 1 spiro atoms. The molecule has 0 bridgehead atoms. The Balaban J connectivity index is 1.46. The molecule has 2 atom stereocenters. The van der Waals surface area contributed by atoms with Gasteiger partial charge in [0.05, 0.1) is 12.6 Å². The second-order valence-electron chi connectivity index (χ2n) is 7.72. The van der Waals surface area contributed by atoms with Gasteiger partial charge in [-0.15, -0.1) is 0 Å². The van der Waals surface area contributed by atoms with Crippen molar-refractivity contribution in [3.05, 3.63) is 33.8 Å². The van der Waals surface area contributed by atoms with Crippen LogP contribution < -0.4 is 5.32 Å². The third-order valence-electron chi connectivity index (χ3n) is 5.76. The summed E-state index contributed by atoms with van der Waals surface area (Å²) in [7, 11) is 0. The van der Waals surface area contributed by atoms with Gasteiger partial charge in [0.15, 0.2) is 0 Å². The van der Waals surface area contributed by atoms with Crippen LogP contribution in [0.4, 0.5) is 0 Å². The number of fused-ring (bicyclic) bond motifs is 2. The third kappa shape index (κ3) is 3.34. The molecule has 3 aliphatic rings. The number of carbonyl (C=O) groups is 2. The fourth-order valence-corrected chi connectivity index (χ4v) is 4.64. The molecule has 5 nitrogen and oxygen atoms in total. The maximum Gasteiger partial charge on any atom is 0.254 e. The van der Waals surface area contributed by atoms with Crippen molar-refractivity contribution < 1.29 is 14.7 Å². The van der Waals surface area contributed by atoms with Gasteiger partial charge in [-0.2, -0.15) is 0 Å². The van der Waals surface area contributed by atoms with Gasteiger partial charge in [0, 0.05) is 28.0 Å². The van der Waals surface area contributed by atoms with E-state index < -0.39 is 0 Å². The van der Waals surface area contributed by atoms with E-state index in [1.54, 1.807) is 4.90 Å². The number of rotatable bonds is 3. The molecule has 0 aromatic heterocycles. The monoisotopic (exact) mass is 406 g/mol. The quantitative estimate of drug-likeness (QED) is 0.809. The van der Waals surface area contributed by atoms with Crippen LogP contribution in [0.5, 0.6) is 0 Å². The average molecular weight is 407 g/mol. The molecule has 2 unspecified atom stereocenters. The molecule has 0 saturated heterocycles. The summed E-state index contributed by atoms with van der Waals surface area (Å²) in [5.74, 6) is -0.178. The van der Waals surface area contributed by atoms with Crippen LogP contribution in [0.25, 0.3) is 0 Å². The Morgan fingerprint density at radius 3 is 2.88 bits per heavy atom. The van der Waals surface area contributed by atoms with Gasteiger partial charge >= 0.3 is 0 Å². The van der Waals surface area contributed by atoms with Gasteiger partial charge in [0.2, 0.25) is 5.91 Å². The molecule has 134 valence electrons. The summed E-state index contributed by atoms with van der Waals surface area (Å²) in [4.78, 5) is 26.9. The predicted molar refractivity (Wildman–Crippen MR) is 97.4 cm³/mol. The fourth-order valence-electron chi connectivity index (χ4n) is 4.28. The number of hydrogen-bond acceptors (Lipinski definition) is 3. The van der Waals surface area contributed by atoms with E-state index >= 15 is 0 Å². The van der Waals surface area contributed by atoms with E-state index in [0.29, 0.717) is 13.0 Å². The Labute approximate surface area is 155 Å². The van der Waals surface area contributed by atoms with Crippen molar-refractivity contribution in [1.82, 2.24) is 10.2 Å². The number of halogens is 1. The van der Waals surface area contributed by atoms with Crippen LogP contribution in [0, 0.1) is 0 Å². The first-order valence-corrected chi connectivity index (χ1v) is 9.83. The molecule has 1 aromatic carbocycles. The van der Waals surface area contributed by atoms with E-state index in [2.05, 4.69) is 27.3 Å². The highest BCUT2D eigenvalue weighted by atomic mass is 79.9. The van der Waals surface area contributed by atoms with Gasteiger partial charge < -0.3 is 15.3 Å². The number of nitrogens with one attached hydrogen (secondary N) is 1. The Bertz CT molecular complexity index is 717. The van der Waals surface area contributed by atoms with Crippen LogP contribution in [0.2, 0.25) is 0 Å². The Kier molecular flexibility index (Phi) is 4.36. The second-order valence-corrected chi connectivity index (χ2v) is 8.63. The van der Waals surface area contributed by atoms with E-state index in [1.165, 1.54) is 0 Å². The number of aliphatic hydroxyl groups is 1. The first kappa shape index (κ1) is 17.0. The highest BCUT2D eigenvalue weighted by Gasteiger charge is 2.51. The molecule has 2 amide bonds. The van der Waals surface area contributed by atoms with E-state index in [-0.39, 0.29) is 35.9 Å². The summed E-state index contributed by atoms with van der Waals surface area (Å²) >= 11 is 3.50.